The van der Waals surface area contributed by atoms with E-state index >= 15 is 0 Å². The van der Waals surface area contributed by atoms with Crippen molar-refractivity contribution in [1.82, 2.24) is 0 Å². The smallest absolute Gasteiger partial charge is 0.251 e. The maximum Gasteiger partial charge on any atom is 0.251 e. The van der Waals surface area contributed by atoms with Crippen molar-refractivity contribution in [3.8, 4) is 5.75 Å². The van der Waals surface area contributed by atoms with Gasteiger partial charge in [0.15, 0.2) is 15.0 Å². The Morgan fingerprint density at radius 2 is 2.15 bits per heavy atom. The Morgan fingerprint density at radius 3 is 2.89 bits per heavy atom. The molecule has 1 aliphatic carbocycles. The fourth-order valence-electron chi connectivity index (χ4n) is 3.44. The number of unbranched alkanes of at least 4 members (excludes halogenated alkanes) is 1. The number of aliphatic imine (C=N–C) groups is 1. The Labute approximate surface area is 164 Å². The van der Waals surface area contributed by atoms with Crippen molar-refractivity contribution in [3.63, 3.8) is 0 Å². The first-order valence-corrected chi connectivity index (χ1v) is 12.2. The van der Waals surface area contributed by atoms with Gasteiger partial charge >= 0.3 is 0 Å². The Bertz CT molecular complexity index is 864. The second-order valence-corrected chi connectivity index (χ2v) is 10.7. The van der Waals surface area contributed by atoms with Crippen molar-refractivity contribution in [2.24, 2.45) is 10.9 Å². The van der Waals surface area contributed by atoms with E-state index in [1.54, 1.807) is 0 Å². The van der Waals surface area contributed by atoms with Gasteiger partial charge in [-0.3, -0.25) is 4.79 Å². The van der Waals surface area contributed by atoms with E-state index in [-0.39, 0.29) is 34.6 Å². The summed E-state index contributed by atoms with van der Waals surface area (Å²) in [4.78, 5) is 18.6. The fourth-order valence-corrected chi connectivity index (χ4v) is 7.36. The molecule has 2 aliphatic heterocycles. The Kier molecular flexibility index (Phi) is 5.20. The van der Waals surface area contributed by atoms with Crippen LogP contribution in [0.2, 0.25) is 0 Å². The molecule has 1 aromatic carbocycles. The van der Waals surface area contributed by atoms with Crippen molar-refractivity contribution < 1.29 is 17.9 Å². The monoisotopic (exact) mass is 408 g/mol. The van der Waals surface area contributed by atoms with Crippen molar-refractivity contribution in [1.29, 1.82) is 0 Å². The summed E-state index contributed by atoms with van der Waals surface area (Å²) in [5.41, 5.74) is 0.837. The summed E-state index contributed by atoms with van der Waals surface area (Å²) >= 11 is 1.42. The average molecular weight is 409 g/mol. The molecule has 1 saturated carbocycles. The number of thioether (sulfide) groups is 1. The highest BCUT2D eigenvalue weighted by Crippen LogP contribution is 2.42. The standard InChI is InChI=1S/C19H24N2O4S2/c1-2-3-9-25-15-6-4-5-14(10-15)21-16-11-27(23,24)12-17(16)26-19(21)20-18(22)13-7-8-13/h4-6,10,13,16-17H,2-3,7-9,11-12H2,1H3/t16-,17+/m0/s1. The molecule has 2 saturated heterocycles. The third-order valence-electron chi connectivity index (χ3n) is 5.06. The number of carbonyl (C=O) groups is 1. The highest BCUT2D eigenvalue weighted by Gasteiger charge is 2.49. The maximum absolute atomic E-state index is 12.3. The first-order chi connectivity index (χ1) is 13.0. The van der Waals surface area contributed by atoms with Gasteiger partial charge in [-0.05, 0) is 31.4 Å². The molecule has 1 aromatic rings. The van der Waals surface area contributed by atoms with E-state index in [0.29, 0.717) is 11.8 Å². The lowest BCUT2D eigenvalue weighted by atomic mass is 10.2. The van der Waals surface area contributed by atoms with Crippen LogP contribution in [-0.2, 0) is 14.6 Å². The molecule has 3 aliphatic rings. The fraction of sp³-hybridized carbons (Fsp3) is 0.579. The maximum atomic E-state index is 12.3. The second kappa shape index (κ2) is 7.47. The van der Waals surface area contributed by atoms with Crippen LogP contribution in [0, 0.1) is 5.92 Å². The highest BCUT2D eigenvalue weighted by atomic mass is 32.2. The summed E-state index contributed by atoms with van der Waals surface area (Å²) in [5, 5.41) is 0.549. The molecule has 0 N–H and O–H groups in total. The van der Waals surface area contributed by atoms with Crippen molar-refractivity contribution in [2.75, 3.05) is 23.0 Å². The number of benzene rings is 1. The first-order valence-electron chi connectivity index (χ1n) is 9.48. The number of amidine groups is 1. The van der Waals surface area contributed by atoms with E-state index < -0.39 is 9.84 Å². The van der Waals surface area contributed by atoms with Gasteiger partial charge < -0.3 is 9.64 Å². The zero-order chi connectivity index (χ0) is 19.0. The number of amides is 1. The molecule has 1 amide bonds. The van der Waals surface area contributed by atoms with E-state index in [0.717, 1.165) is 37.1 Å². The van der Waals surface area contributed by atoms with Crippen LogP contribution in [0.4, 0.5) is 5.69 Å². The van der Waals surface area contributed by atoms with E-state index in [9.17, 15) is 13.2 Å². The minimum atomic E-state index is -3.06. The molecule has 27 heavy (non-hydrogen) atoms. The third-order valence-corrected chi connectivity index (χ3v) is 8.27. The quantitative estimate of drug-likeness (QED) is 0.674. The van der Waals surface area contributed by atoms with Crippen molar-refractivity contribution >= 4 is 38.4 Å². The number of ether oxygens (including phenoxy) is 1. The van der Waals surface area contributed by atoms with E-state index in [4.69, 9.17) is 4.74 Å². The van der Waals surface area contributed by atoms with E-state index in [1.165, 1.54) is 11.8 Å². The van der Waals surface area contributed by atoms with Crippen LogP contribution in [0.5, 0.6) is 5.75 Å². The van der Waals surface area contributed by atoms with Gasteiger partial charge in [-0.2, -0.15) is 4.99 Å². The topological polar surface area (TPSA) is 76.0 Å². The lowest BCUT2D eigenvalue weighted by Crippen LogP contribution is -2.37. The summed E-state index contributed by atoms with van der Waals surface area (Å²) in [6, 6.07) is 7.46. The SMILES string of the molecule is CCCCOc1cccc(N2C(=NC(=O)C3CC3)S[C@@H]3CS(=O)(=O)C[C@@H]32)c1. The largest absolute Gasteiger partial charge is 0.494 e. The lowest BCUT2D eigenvalue weighted by molar-refractivity contribution is -0.118. The molecule has 0 bridgehead atoms. The summed E-state index contributed by atoms with van der Waals surface area (Å²) in [7, 11) is -3.06. The van der Waals surface area contributed by atoms with Gasteiger partial charge in [0.25, 0.3) is 5.91 Å². The van der Waals surface area contributed by atoms with Gasteiger partial charge in [-0.15, -0.1) is 0 Å². The summed E-state index contributed by atoms with van der Waals surface area (Å²) in [6.07, 6.45) is 3.85. The third kappa shape index (κ3) is 4.16. The molecule has 8 heteroatoms. The van der Waals surface area contributed by atoms with Gasteiger partial charge in [0.2, 0.25) is 0 Å². The molecule has 4 rings (SSSR count). The van der Waals surface area contributed by atoms with Crippen molar-refractivity contribution in [3.05, 3.63) is 24.3 Å². The molecule has 2 heterocycles. The number of carbonyl (C=O) groups excluding carboxylic acids is 1. The van der Waals surface area contributed by atoms with Gasteiger partial charge in [0.1, 0.15) is 5.75 Å². The van der Waals surface area contributed by atoms with Crippen LogP contribution in [0.3, 0.4) is 0 Å². The molecule has 3 fully saturated rings. The summed E-state index contributed by atoms with van der Waals surface area (Å²) < 4.78 is 30.1. The molecule has 2 atom stereocenters. The Balaban J connectivity index is 1.63. The number of sulfone groups is 1. The molecule has 0 radical (unpaired) electrons. The zero-order valence-corrected chi connectivity index (χ0v) is 17.0. The predicted molar refractivity (Wildman–Crippen MR) is 108 cm³/mol. The van der Waals surface area contributed by atoms with Crippen LogP contribution in [0.1, 0.15) is 32.6 Å². The van der Waals surface area contributed by atoms with Crippen LogP contribution in [0.15, 0.2) is 29.3 Å². The minimum Gasteiger partial charge on any atom is -0.494 e. The number of rotatable bonds is 6. The second-order valence-electron chi connectivity index (χ2n) is 7.38. The zero-order valence-electron chi connectivity index (χ0n) is 15.3. The molecular formula is C19H24N2O4S2. The van der Waals surface area contributed by atoms with Gasteiger partial charge in [0, 0.05) is 22.9 Å². The number of hydrogen-bond acceptors (Lipinski definition) is 5. The Hall–Kier alpha value is -1.54. The molecule has 0 spiro atoms. The van der Waals surface area contributed by atoms with Crippen LogP contribution in [0.25, 0.3) is 0 Å². The molecule has 0 aromatic heterocycles. The van der Waals surface area contributed by atoms with Crippen LogP contribution < -0.4 is 9.64 Å². The number of anilines is 1. The van der Waals surface area contributed by atoms with Gasteiger partial charge in [-0.25, -0.2) is 8.42 Å². The number of hydrogen-bond donors (Lipinski definition) is 0. The Morgan fingerprint density at radius 1 is 1.33 bits per heavy atom. The van der Waals surface area contributed by atoms with E-state index in [2.05, 4.69) is 11.9 Å². The molecular weight excluding hydrogens is 384 g/mol. The van der Waals surface area contributed by atoms with E-state index in [1.807, 2.05) is 29.2 Å². The predicted octanol–water partition coefficient (Wildman–Crippen LogP) is 2.88. The average Bonchev–Trinajstić information content (AvgIpc) is 3.36. The minimum absolute atomic E-state index is 0.0489. The van der Waals surface area contributed by atoms with Gasteiger partial charge in [-0.1, -0.05) is 31.2 Å². The van der Waals surface area contributed by atoms with Gasteiger partial charge in [0.05, 0.1) is 24.2 Å². The summed E-state index contributed by atoms with van der Waals surface area (Å²) in [6.45, 7) is 2.76. The van der Waals surface area contributed by atoms with Crippen molar-refractivity contribution in [2.45, 2.75) is 43.9 Å². The highest BCUT2D eigenvalue weighted by molar-refractivity contribution is 8.16. The molecule has 6 nitrogen and oxygen atoms in total. The number of fused-ring (bicyclic) bond motifs is 1. The summed E-state index contributed by atoms with van der Waals surface area (Å²) in [5.74, 6) is 0.960. The van der Waals surface area contributed by atoms with Crippen LogP contribution in [-0.4, -0.2) is 48.9 Å². The molecule has 0 unspecified atom stereocenters. The normalized spacial score (nSPS) is 27.7. The first kappa shape index (κ1) is 18.8. The molecule has 146 valence electrons. The number of nitrogens with zero attached hydrogens (tertiary/aromatic N) is 2. The lowest BCUT2D eigenvalue weighted by Gasteiger charge is -2.25. The van der Waals surface area contributed by atoms with Crippen LogP contribution >= 0.6 is 11.8 Å².